The summed E-state index contributed by atoms with van der Waals surface area (Å²) in [4.78, 5) is 14.3. The van der Waals surface area contributed by atoms with Gasteiger partial charge < -0.3 is 14.7 Å². The van der Waals surface area contributed by atoms with Crippen LogP contribution in [0.2, 0.25) is 0 Å². The topological polar surface area (TPSA) is 49.8 Å². The number of carbonyl (C=O) groups is 1. The van der Waals surface area contributed by atoms with Gasteiger partial charge in [-0.15, -0.1) is 13.2 Å². The number of aliphatic hydroxyl groups is 1. The number of nitrogens with zero attached hydrogens (tertiary/aromatic N) is 1. The minimum Gasteiger partial charge on any atom is -0.406 e. The zero-order chi connectivity index (χ0) is 17.3. The monoisotopic (exact) mass is 343 g/mol. The Morgan fingerprint density at radius 3 is 2.38 bits per heavy atom. The molecule has 1 N–H and O–H groups in total. The molecule has 7 heteroatoms. The lowest BCUT2D eigenvalue weighted by molar-refractivity contribution is -0.274. The van der Waals surface area contributed by atoms with Gasteiger partial charge in [-0.1, -0.05) is 12.1 Å². The van der Waals surface area contributed by atoms with Crippen molar-refractivity contribution in [3.8, 4) is 5.75 Å². The number of halogens is 3. The maximum Gasteiger partial charge on any atom is 0.573 e. The molecule has 1 saturated heterocycles. The molecule has 0 aromatic heterocycles. The van der Waals surface area contributed by atoms with Crippen molar-refractivity contribution in [2.45, 2.75) is 31.5 Å². The summed E-state index contributed by atoms with van der Waals surface area (Å²) in [7, 11) is 0. The molecule has 132 valence electrons. The van der Waals surface area contributed by atoms with Gasteiger partial charge >= 0.3 is 6.36 Å². The minimum absolute atomic E-state index is 0.0769. The van der Waals surface area contributed by atoms with Gasteiger partial charge in [0, 0.05) is 25.6 Å². The molecule has 1 aliphatic carbocycles. The standard InChI is InChI=1S/C17H20F3NO3/c18-17(19,20)24-13-3-1-12(2-4-13)14-9-15(14)16(23)21-7-5-11(10-22)6-8-21/h1-4,11,14-15,22H,5-10H2. The molecule has 1 aromatic carbocycles. The van der Waals surface area contributed by atoms with Crippen LogP contribution in [-0.2, 0) is 4.79 Å². The summed E-state index contributed by atoms with van der Waals surface area (Å²) >= 11 is 0. The van der Waals surface area contributed by atoms with Gasteiger partial charge in [0.2, 0.25) is 5.91 Å². The molecule has 4 nitrogen and oxygen atoms in total. The number of carbonyl (C=O) groups excluding carboxylic acids is 1. The maximum absolute atomic E-state index is 12.5. The Labute approximate surface area is 138 Å². The molecule has 3 rings (SSSR count). The number of piperidine rings is 1. The second-order valence-electron chi connectivity index (χ2n) is 6.52. The number of amides is 1. The molecule has 1 saturated carbocycles. The predicted octanol–water partition coefficient (Wildman–Crippen LogP) is 2.92. The Hall–Kier alpha value is -1.76. The first-order chi connectivity index (χ1) is 11.4. The molecule has 1 aromatic rings. The molecule has 1 aliphatic heterocycles. The molecule has 0 bridgehead atoms. The molecular weight excluding hydrogens is 323 g/mol. The van der Waals surface area contributed by atoms with E-state index in [1.54, 1.807) is 12.1 Å². The van der Waals surface area contributed by atoms with E-state index < -0.39 is 6.36 Å². The first-order valence-electron chi connectivity index (χ1n) is 8.12. The van der Waals surface area contributed by atoms with Crippen LogP contribution in [0.15, 0.2) is 24.3 Å². The van der Waals surface area contributed by atoms with Gasteiger partial charge in [-0.25, -0.2) is 0 Å². The van der Waals surface area contributed by atoms with Gasteiger partial charge in [0.05, 0.1) is 0 Å². The lowest BCUT2D eigenvalue weighted by Gasteiger charge is -2.31. The Kier molecular flexibility index (Phi) is 4.71. The first-order valence-corrected chi connectivity index (χ1v) is 8.12. The number of hydrogen-bond acceptors (Lipinski definition) is 3. The van der Waals surface area contributed by atoms with Crippen LogP contribution in [0, 0.1) is 11.8 Å². The van der Waals surface area contributed by atoms with E-state index in [0.717, 1.165) is 24.8 Å². The third-order valence-electron chi connectivity index (χ3n) is 4.83. The Balaban J connectivity index is 1.54. The molecular formula is C17H20F3NO3. The van der Waals surface area contributed by atoms with Crippen LogP contribution in [0.25, 0.3) is 0 Å². The van der Waals surface area contributed by atoms with E-state index in [9.17, 15) is 18.0 Å². The normalized spacial score (nSPS) is 24.8. The van der Waals surface area contributed by atoms with Crippen molar-refractivity contribution in [2.75, 3.05) is 19.7 Å². The summed E-state index contributed by atoms with van der Waals surface area (Å²) < 4.78 is 40.3. The fraction of sp³-hybridized carbons (Fsp3) is 0.588. The molecule has 24 heavy (non-hydrogen) atoms. The van der Waals surface area contributed by atoms with Crippen LogP contribution in [0.1, 0.15) is 30.7 Å². The van der Waals surface area contributed by atoms with Gasteiger partial charge in [-0.2, -0.15) is 0 Å². The van der Waals surface area contributed by atoms with E-state index in [4.69, 9.17) is 5.11 Å². The minimum atomic E-state index is -4.69. The molecule has 2 fully saturated rings. The molecule has 0 radical (unpaired) electrons. The predicted molar refractivity (Wildman–Crippen MR) is 80.4 cm³/mol. The molecule has 2 unspecified atom stereocenters. The third-order valence-corrected chi connectivity index (χ3v) is 4.83. The van der Waals surface area contributed by atoms with Crippen LogP contribution in [0.4, 0.5) is 13.2 Å². The fourth-order valence-electron chi connectivity index (χ4n) is 3.32. The maximum atomic E-state index is 12.5. The number of rotatable bonds is 4. The summed E-state index contributed by atoms with van der Waals surface area (Å²) in [5.74, 6) is 0.149. The average Bonchev–Trinajstić information content (AvgIpc) is 3.34. The van der Waals surface area contributed by atoms with E-state index in [1.807, 2.05) is 4.90 Å². The SMILES string of the molecule is O=C(C1CC1c1ccc(OC(F)(F)F)cc1)N1CCC(CO)CC1. The van der Waals surface area contributed by atoms with Crippen molar-refractivity contribution in [3.05, 3.63) is 29.8 Å². The second kappa shape index (κ2) is 6.63. The number of alkyl halides is 3. The van der Waals surface area contributed by atoms with E-state index >= 15 is 0 Å². The summed E-state index contributed by atoms with van der Waals surface area (Å²) in [5.41, 5.74) is 0.869. The van der Waals surface area contributed by atoms with E-state index in [1.165, 1.54) is 12.1 Å². The van der Waals surface area contributed by atoms with Crippen molar-refractivity contribution in [2.24, 2.45) is 11.8 Å². The zero-order valence-corrected chi connectivity index (χ0v) is 13.1. The number of likely N-dealkylation sites (tertiary alicyclic amines) is 1. The van der Waals surface area contributed by atoms with Crippen LogP contribution < -0.4 is 4.74 Å². The highest BCUT2D eigenvalue weighted by atomic mass is 19.4. The van der Waals surface area contributed by atoms with Crippen LogP contribution in [-0.4, -0.2) is 42.0 Å². The lowest BCUT2D eigenvalue weighted by Crippen LogP contribution is -2.40. The summed E-state index contributed by atoms with van der Waals surface area (Å²) in [6.45, 7) is 1.51. The van der Waals surface area contributed by atoms with Crippen LogP contribution in [0.5, 0.6) is 5.75 Å². The molecule has 2 atom stereocenters. The second-order valence-corrected chi connectivity index (χ2v) is 6.52. The average molecular weight is 343 g/mol. The summed E-state index contributed by atoms with van der Waals surface area (Å²) in [5, 5.41) is 9.14. The van der Waals surface area contributed by atoms with Crippen molar-refractivity contribution in [1.29, 1.82) is 0 Å². The largest absolute Gasteiger partial charge is 0.573 e. The third kappa shape index (κ3) is 4.01. The number of benzene rings is 1. The van der Waals surface area contributed by atoms with Gasteiger partial charge in [-0.05, 0) is 48.8 Å². The summed E-state index contributed by atoms with van der Waals surface area (Å²) in [6.07, 6.45) is -2.31. The van der Waals surface area contributed by atoms with Gasteiger partial charge in [-0.3, -0.25) is 4.79 Å². The fourth-order valence-corrected chi connectivity index (χ4v) is 3.32. The number of ether oxygens (including phenoxy) is 1. The van der Waals surface area contributed by atoms with Gasteiger partial charge in [0.15, 0.2) is 0 Å². The van der Waals surface area contributed by atoms with Crippen LogP contribution in [0.3, 0.4) is 0 Å². The highest BCUT2D eigenvalue weighted by Crippen LogP contribution is 2.49. The molecule has 1 amide bonds. The quantitative estimate of drug-likeness (QED) is 0.915. The zero-order valence-electron chi connectivity index (χ0n) is 13.1. The van der Waals surface area contributed by atoms with Crippen molar-refractivity contribution >= 4 is 5.91 Å². The lowest BCUT2D eigenvalue weighted by atomic mass is 9.97. The first kappa shape index (κ1) is 17.1. The van der Waals surface area contributed by atoms with Crippen molar-refractivity contribution in [3.63, 3.8) is 0 Å². The molecule has 2 aliphatic rings. The van der Waals surface area contributed by atoms with E-state index in [0.29, 0.717) is 13.1 Å². The highest BCUT2D eigenvalue weighted by molar-refractivity contribution is 5.83. The van der Waals surface area contributed by atoms with E-state index in [2.05, 4.69) is 4.74 Å². The van der Waals surface area contributed by atoms with Gasteiger partial charge in [0.1, 0.15) is 5.75 Å². The van der Waals surface area contributed by atoms with Crippen molar-refractivity contribution in [1.82, 2.24) is 4.90 Å². The number of aliphatic hydroxyl groups excluding tert-OH is 1. The Morgan fingerprint density at radius 1 is 1.21 bits per heavy atom. The van der Waals surface area contributed by atoms with E-state index in [-0.39, 0.29) is 36.0 Å². The smallest absolute Gasteiger partial charge is 0.406 e. The van der Waals surface area contributed by atoms with Gasteiger partial charge in [0.25, 0.3) is 0 Å². The molecule has 0 spiro atoms. The summed E-state index contributed by atoms with van der Waals surface area (Å²) in [6, 6.07) is 5.76. The number of hydrogen-bond donors (Lipinski definition) is 1. The Morgan fingerprint density at radius 2 is 1.83 bits per heavy atom. The highest BCUT2D eigenvalue weighted by Gasteiger charge is 2.46. The van der Waals surface area contributed by atoms with Crippen molar-refractivity contribution < 1.29 is 27.8 Å². The molecule has 1 heterocycles. The Bertz CT molecular complexity index is 580. The van der Waals surface area contributed by atoms with Crippen LogP contribution >= 0.6 is 0 Å².